The number of rotatable bonds is 9. The first kappa shape index (κ1) is 15.6. The maximum absolute atomic E-state index is 11.0. The fraction of sp³-hybridized carbons (Fsp3) is 0.800. The Bertz CT molecular complexity index is 185. The molecular formula is C10H21O5Si. The highest BCUT2D eigenvalue weighted by atomic mass is 28.4. The van der Waals surface area contributed by atoms with Crippen LogP contribution in [-0.4, -0.2) is 42.7 Å². The normalized spacial score (nSPS) is 11.5. The van der Waals surface area contributed by atoms with Gasteiger partial charge in [-0.3, -0.25) is 4.79 Å². The molecule has 0 aliphatic heterocycles. The third kappa shape index (κ3) is 5.60. The smallest absolute Gasteiger partial charge is 0.466 e. The Hall–Kier alpha value is -0.433. The summed E-state index contributed by atoms with van der Waals surface area (Å²) in [6.45, 7) is 3.94. The van der Waals surface area contributed by atoms with Crippen LogP contribution in [0.4, 0.5) is 0 Å². The maximum Gasteiger partial charge on any atom is 0.500 e. The van der Waals surface area contributed by atoms with Crippen molar-refractivity contribution in [1.82, 2.24) is 0 Å². The van der Waals surface area contributed by atoms with E-state index in [-0.39, 0.29) is 5.97 Å². The molecule has 0 aromatic rings. The lowest BCUT2D eigenvalue weighted by atomic mass is 10.3. The van der Waals surface area contributed by atoms with E-state index in [0.29, 0.717) is 31.9 Å². The van der Waals surface area contributed by atoms with Crippen molar-refractivity contribution in [2.24, 2.45) is 0 Å². The van der Waals surface area contributed by atoms with E-state index < -0.39 is 8.80 Å². The molecule has 0 rings (SSSR count). The van der Waals surface area contributed by atoms with Crippen LogP contribution in [0.2, 0.25) is 6.04 Å². The zero-order valence-electron chi connectivity index (χ0n) is 10.3. The van der Waals surface area contributed by atoms with Crippen LogP contribution in [0.3, 0.4) is 0 Å². The maximum atomic E-state index is 11.0. The van der Waals surface area contributed by atoms with Gasteiger partial charge in [0.15, 0.2) is 0 Å². The summed E-state index contributed by atoms with van der Waals surface area (Å²) in [5, 5.41) is 0. The van der Waals surface area contributed by atoms with E-state index in [9.17, 15) is 4.79 Å². The highest BCUT2D eigenvalue weighted by Gasteiger charge is 2.36. The van der Waals surface area contributed by atoms with Crippen LogP contribution < -0.4 is 0 Å². The number of hydrogen-bond acceptors (Lipinski definition) is 5. The van der Waals surface area contributed by atoms with Crippen LogP contribution >= 0.6 is 0 Å². The van der Waals surface area contributed by atoms with Gasteiger partial charge in [-0.25, -0.2) is 0 Å². The number of hydrogen-bond donors (Lipinski definition) is 0. The van der Waals surface area contributed by atoms with Crippen molar-refractivity contribution in [3.8, 4) is 0 Å². The Kier molecular flexibility index (Phi) is 8.45. The Balaban J connectivity index is 3.74. The van der Waals surface area contributed by atoms with Crippen molar-refractivity contribution in [1.29, 1.82) is 0 Å². The lowest BCUT2D eigenvalue weighted by Crippen LogP contribution is -2.42. The fourth-order valence-corrected chi connectivity index (χ4v) is 2.94. The van der Waals surface area contributed by atoms with Crippen LogP contribution in [0.5, 0.6) is 0 Å². The quantitative estimate of drug-likeness (QED) is 0.351. The molecule has 0 aromatic carbocycles. The first-order chi connectivity index (χ1) is 7.64. The number of carbonyl (C=O) groups excluding carboxylic acids is 1. The zero-order chi connectivity index (χ0) is 12.4. The molecule has 6 heteroatoms. The summed E-state index contributed by atoms with van der Waals surface area (Å²) >= 11 is 0. The van der Waals surface area contributed by atoms with Crippen molar-refractivity contribution in [2.75, 3.05) is 27.9 Å². The molecular weight excluding hydrogens is 228 g/mol. The molecule has 0 aromatic heterocycles. The standard InChI is InChI=1S/C10H21O5Si/c1-5-7-10(11)15-8-6-9-16(12-2,13-3)14-4/h1,5-9H2,2-4H3. The molecule has 0 aliphatic carbocycles. The molecule has 0 bridgehead atoms. The Morgan fingerprint density at radius 2 is 1.75 bits per heavy atom. The van der Waals surface area contributed by atoms with E-state index >= 15 is 0 Å². The SMILES string of the molecule is [CH2]CCC(=O)OCCC[Si](OC)(OC)OC. The first-order valence-corrected chi connectivity index (χ1v) is 7.17. The lowest BCUT2D eigenvalue weighted by Gasteiger charge is -2.24. The van der Waals surface area contributed by atoms with Crippen molar-refractivity contribution in [3.05, 3.63) is 6.92 Å². The molecule has 0 amide bonds. The molecule has 0 aliphatic rings. The van der Waals surface area contributed by atoms with Crippen LogP contribution in [0.1, 0.15) is 19.3 Å². The summed E-state index contributed by atoms with van der Waals surface area (Å²) in [6, 6.07) is 0.633. The minimum atomic E-state index is -2.51. The minimum absolute atomic E-state index is 0.213. The van der Waals surface area contributed by atoms with Gasteiger partial charge in [-0.2, -0.15) is 0 Å². The number of ether oxygens (including phenoxy) is 1. The van der Waals surface area contributed by atoms with Gasteiger partial charge >= 0.3 is 14.8 Å². The summed E-state index contributed by atoms with van der Waals surface area (Å²) < 4.78 is 20.7. The van der Waals surface area contributed by atoms with Crippen LogP contribution in [-0.2, 0) is 22.8 Å². The molecule has 0 fully saturated rings. The fourth-order valence-electron chi connectivity index (χ4n) is 1.25. The monoisotopic (exact) mass is 249 g/mol. The third-order valence-electron chi connectivity index (χ3n) is 2.20. The molecule has 0 spiro atoms. The van der Waals surface area contributed by atoms with E-state index in [1.165, 1.54) is 0 Å². The van der Waals surface area contributed by atoms with E-state index in [2.05, 4.69) is 6.92 Å². The summed E-state index contributed by atoms with van der Waals surface area (Å²) in [6.07, 6.45) is 1.60. The molecule has 16 heavy (non-hydrogen) atoms. The van der Waals surface area contributed by atoms with E-state index in [1.807, 2.05) is 0 Å². The molecule has 95 valence electrons. The van der Waals surface area contributed by atoms with Gasteiger partial charge in [0, 0.05) is 33.8 Å². The zero-order valence-corrected chi connectivity index (χ0v) is 11.3. The average Bonchev–Trinajstić information content (AvgIpc) is 2.31. The molecule has 0 atom stereocenters. The minimum Gasteiger partial charge on any atom is -0.466 e. The summed E-state index contributed by atoms with van der Waals surface area (Å²) in [5.41, 5.74) is 0. The van der Waals surface area contributed by atoms with E-state index in [0.717, 1.165) is 0 Å². The van der Waals surface area contributed by atoms with Crippen LogP contribution in [0, 0.1) is 6.92 Å². The Labute approximate surface area is 98.4 Å². The third-order valence-corrected chi connectivity index (χ3v) is 5.04. The molecule has 0 saturated heterocycles. The predicted molar refractivity (Wildman–Crippen MR) is 61.8 cm³/mol. The lowest BCUT2D eigenvalue weighted by molar-refractivity contribution is -0.143. The van der Waals surface area contributed by atoms with Gasteiger partial charge in [0.05, 0.1) is 6.61 Å². The van der Waals surface area contributed by atoms with Gasteiger partial charge in [-0.05, 0) is 12.8 Å². The van der Waals surface area contributed by atoms with Crippen molar-refractivity contribution in [2.45, 2.75) is 25.3 Å². The molecule has 0 heterocycles. The van der Waals surface area contributed by atoms with Crippen molar-refractivity contribution < 1.29 is 22.8 Å². The van der Waals surface area contributed by atoms with Gasteiger partial charge in [0.2, 0.25) is 0 Å². The van der Waals surface area contributed by atoms with Gasteiger partial charge in [-0.1, -0.05) is 6.92 Å². The van der Waals surface area contributed by atoms with Gasteiger partial charge < -0.3 is 18.0 Å². The second-order valence-electron chi connectivity index (χ2n) is 3.22. The summed E-state index contributed by atoms with van der Waals surface area (Å²) in [5.74, 6) is -0.213. The second kappa shape index (κ2) is 8.69. The van der Waals surface area contributed by atoms with E-state index in [4.69, 9.17) is 18.0 Å². The largest absolute Gasteiger partial charge is 0.500 e. The first-order valence-electron chi connectivity index (χ1n) is 5.24. The van der Waals surface area contributed by atoms with Crippen LogP contribution in [0.25, 0.3) is 0 Å². The molecule has 5 nitrogen and oxygen atoms in total. The average molecular weight is 249 g/mol. The Morgan fingerprint density at radius 1 is 1.19 bits per heavy atom. The van der Waals surface area contributed by atoms with Crippen molar-refractivity contribution in [3.63, 3.8) is 0 Å². The molecule has 1 radical (unpaired) electrons. The summed E-state index contributed by atoms with van der Waals surface area (Å²) in [4.78, 5) is 11.0. The number of carbonyl (C=O) groups is 1. The van der Waals surface area contributed by atoms with Crippen LogP contribution in [0.15, 0.2) is 0 Å². The topological polar surface area (TPSA) is 54.0 Å². The van der Waals surface area contributed by atoms with Gasteiger partial charge in [0.1, 0.15) is 0 Å². The predicted octanol–water partition coefficient (Wildman–Crippen LogP) is 1.41. The van der Waals surface area contributed by atoms with Gasteiger partial charge in [-0.15, -0.1) is 0 Å². The van der Waals surface area contributed by atoms with Crippen molar-refractivity contribution >= 4 is 14.8 Å². The molecule has 0 unspecified atom stereocenters. The van der Waals surface area contributed by atoms with Gasteiger partial charge in [0.25, 0.3) is 0 Å². The second-order valence-corrected chi connectivity index (χ2v) is 6.31. The highest BCUT2D eigenvalue weighted by molar-refractivity contribution is 6.60. The summed E-state index contributed by atoms with van der Waals surface area (Å²) in [7, 11) is 2.18. The highest BCUT2D eigenvalue weighted by Crippen LogP contribution is 2.14. The molecule has 0 saturated carbocycles. The number of esters is 1. The Morgan fingerprint density at radius 3 is 2.19 bits per heavy atom. The van der Waals surface area contributed by atoms with E-state index in [1.54, 1.807) is 21.3 Å². The molecule has 0 N–H and O–H groups in total.